The summed E-state index contributed by atoms with van der Waals surface area (Å²) in [4.78, 5) is 24.3. The minimum absolute atomic E-state index is 0.0836. The molecule has 0 fully saturated rings. The second-order valence-electron chi connectivity index (χ2n) is 5.66. The molecule has 7 nitrogen and oxygen atoms in total. The fourth-order valence-electron chi connectivity index (χ4n) is 2.41. The van der Waals surface area contributed by atoms with E-state index in [2.05, 4.69) is 15.4 Å². The zero-order chi connectivity index (χ0) is 21.2. The summed E-state index contributed by atoms with van der Waals surface area (Å²) in [5.41, 5.74) is 0.569. The molecule has 0 saturated heterocycles. The number of carbonyl (C=O) groups is 2. The van der Waals surface area contributed by atoms with E-state index in [-0.39, 0.29) is 18.0 Å². The molecule has 2 rings (SSSR count). The molecule has 2 N–H and O–H groups in total. The van der Waals surface area contributed by atoms with Gasteiger partial charge >= 0.3 is 6.61 Å². The Balaban J connectivity index is 1.94. The molecule has 0 radical (unpaired) electrons. The van der Waals surface area contributed by atoms with Crippen LogP contribution in [0.25, 0.3) is 0 Å². The first-order valence-corrected chi connectivity index (χ1v) is 8.95. The van der Waals surface area contributed by atoms with Gasteiger partial charge in [-0.15, -0.1) is 0 Å². The van der Waals surface area contributed by atoms with Gasteiger partial charge in [0, 0.05) is 17.3 Å². The van der Waals surface area contributed by atoms with E-state index >= 15 is 0 Å². The number of hydrogen-bond donors (Lipinski definition) is 2. The number of carbonyl (C=O) groups excluding carboxylic acids is 2. The third kappa shape index (κ3) is 6.95. The molecule has 0 atom stereocenters. The molecule has 0 aliphatic heterocycles. The van der Waals surface area contributed by atoms with Gasteiger partial charge < -0.3 is 24.8 Å². The fraction of sp³-hybridized carbons (Fsp3) is 0.300. The quantitative estimate of drug-likeness (QED) is 0.629. The number of benzene rings is 2. The van der Waals surface area contributed by atoms with Crippen LogP contribution >= 0.6 is 0 Å². The van der Waals surface area contributed by atoms with Crippen molar-refractivity contribution in [2.75, 3.05) is 25.1 Å². The summed E-state index contributed by atoms with van der Waals surface area (Å²) in [5.74, 6) is -0.126. The van der Waals surface area contributed by atoms with Crippen molar-refractivity contribution in [3.8, 4) is 17.2 Å². The number of nitrogens with one attached hydrogen (secondary N) is 2. The zero-order valence-corrected chi connectivity index (χ0v) is 16.0. The van der Waals surface area contributed by atoms with Crippen LogP contribution in [-0.2, 0) is 4.79 Å². The summed E-state index contributed by atoms with van der Waals surface area (Å²) in [5, 5.41) is 4.98. The van der Waals surface area contributed by atoms with Crippen molar-refractivity contribution in [3.63, 3.8) is 0 Å². The van der Waals surface area contributed by atoms with E-state index in [1.165, 1.54) is 30.3 Å². The van der Waals surface area contributed by atoms with E-state index in [9.17, 15) is 18.4 Å². The molecule has 0 spiro atoms. The maximum Gasteiger partial charge on any atom is 0.387 e. The van der Waals surface area contributed by atoms with Gasteiger partial charge in [0.15, 0.2) is 11.5 Å². The Morgan fingerprint density at radius 1 is 1.00 bits per heavy atom. The summed E-state index contributed by atoms with van der Waals surface area (Å²) >= 11 is 0. The van der Waals surface area contributed by atoms with Crippen molar-refractivity contribution in [2.24, 2.45) is 0 Å². The van der Waals surface area contributed by atoms with Crippen molar-refractivity contribution in [1.29, 1.82) is 0 Å². The number of halogens is 2. The van der Waals surface area contributed by atoms with Crippen LogP contribution in [0.1, 0.15) is 24.2 Å². The standard InChI is InChI=1S/C20H22F2N2O5/c1-3-27-16-9-8-13(10-17(16)28-4-2)19(26)23-12-18(25)24-14-6-5-7-15(11-14)29-20(21)22/h5-11,20H,3-4,12H2,1-2H3,(H,23,26)(H,24,25). The van der Waals surface area contributed by atoms with E-state index < -0.39 is 18.4 Å². The van der Waals surface area contributed by atoms with Crippen LogP contribution in [0.4, 0.5) is 14.5 Å². The third-order valence-electron chi connectivity index (χ3n) is 3.56. The average Bonchev–Trinajstić information content (AvgIpc) is 2.67. The van der Waals surface area contributed by atoms with Crippen LogP contribution < -0.4 is 24.8 Å². The van der Waals surface area contributed by atoms with E-state index in [4.69, 9.17) is 9.47 Å². The number of amides is 2. The Bertz CT molecular complexity index is 845. The van der Waals surface area contributed by atoms with Crippen LogP contribution in [0.2, 0.25) is 0 Å². The van der Waals surface area contributed by atoms with E-state index in [0.717, 1.165) is 0 Å². The highest BCUT2D eigenvalue weighted by atomic mass is 19.3. The summed E-state index contributed by atoms with van der Waals surface area (Å²) in [6.07, 6.45) is 0. The van der Waals surface area contributed by atoms with E-state index in [1.807, 2.05) is 13.8 Å². The first-order chi connectivity index (χ1) is 13.9. The maximum atomic E-state index is 12.3. The van der Waals surface area contributed by atoms with Gasteiger partial charge in [-0.05, 0) is 44.2 Å². The smallest absolute Gasteiger partial charge is 0.387 e. The molecule has 0 aromatic heterocycles. The first kappa shape index (κ1) is 21.9. The summed E-state index contributed by atoms with van der Waals surface area (Å²) in [6, 6.07) is 10.3. The van der Waals surface area contributed by atoms with Gasteiger partial charge in [-0.25, -0.2) is 0 Å². The predicted molar refractivity (Wildman–Crippen MR) is 103 cm³/mol. The summed E-state index contributed by atoms with van der Waals surface area (Å²) in [7, 11) is 0. The van der Waals surface area contributed by atoms with Crippen LogP contribution in [0.3, 0.4) is 0 Å². The van der Waals surface area contributed by atoms with Gasteiger partial charge in [-0.3, -0.25) is 9.59 Å². The van der Waals surface area contributed by atoms with Crippen molar-refractivity contribution in [1.82, 2.24) is 5.32 Å². The second-order valence-corrected chi connectivity index (χ2v) is 5.66. The number of ether oxygens (including phenoxy) is 3. The predicted octanol–water partition coefficient (Wildman–Crippen LogP) is 3.45. The molecule has 2 amide bonds. The molecule has 0 heterocycles. The van der Waals surface area contributed by atoms with Crippen LogP contribution in [0.15, 0.2) is 42.5 Å². The van der Waals surface area contributed by atoms with Gasteiger partial charge in [0.25, 0.3) is 5.91 Å². The molecule has 156 valence electrons. The van der Waals surface area contributed by atoms with Crippen LogP contribution in [0.5, 0.6) is 17.2 Å². The molecule has 29 heavy (non-hydrogen) atoms. The van der Waals surface area contributed by atoms with Gasteiger partial charge in [-0.1, -0.05) is 6.07 Å². The van der Waals surface area contributed by atoms with Crippen molar-refractivity contribution in [3.05, 3.63) is 48.0 Å². The molecule has 0 unspecified atom stereocenters. The fourth-order valence-corrected chi connectivity index (χ4v) is 2.41. The van der Waals surface area contributed by atoms with E-state index in [1.54, 1.807) is 12.1 Å². The number of rotatable bonds is 10. The minimum Gasteiger partial charge on any atom is -0.490 e. The monoisotopic (exact) mass is 408 g/mol. The highest BCUT2D eigenvalue weighted by Crippen LogP contribution is 2.28. The van der Waals surface area contributed by atoms with Gasteiger partial charge in [0.1, 0.15) is 5.75 Å². The lowest BCUT2D eigenvalue weighted by Crippen LogP contribution is -2.32. The third-order valence-corrected chi connectivity index (χ3v) is 3.56. The Kier molecular flexibility index (Phi) is 8.20. The normalized spacial score (nSPS) is 10.4. The molecular weight excluding hydrogens is 386 g/mol. The van der Waals surface area contributed by atoms with Crippen LogP contribution in [0, 0.1) is 0 Å². The molecule has 0 saturated carbocycles. The highest BCUT2D eigenvalue weighted by molar-refractivity contribution is 5.99. The largest absolute Gasteiger partial charge is 0.490 e. The van der Waals surface area contributed by atoms with Crippen LogP contribution in [-0.4, -0.2) is 38.2 Å². The number of alkyl halides is 2. The molecule has 0 aliphatic carbocycles. The lowest BCUT2D eigenvalue weighted by molar-refractivity contribution is -0.115. The summed E-state index contributed by atoms with van der Waals surface area (Å²) in [6.45, 7) is 1.24. The summed E-state index contributed by atoms with van der Waals surface area (Å²) < 4.78 is 39.7. The zero-order valence-electron chi connectivity index (χ0n) is 16.0. The molecule has 0 aliphatic rings. The minimum atomic E-state index is -2.96. The lowest BCUT2D eigenvalue weighted by atomic mass is 10.2. The number of hydrogen-bond acceptors (Lipinski definition) is 5. The molecule has 2 aromatic carbocycles. The van der Waals surface area contributed by atoms with E-state index in [0.29, 0.717) is 30.3 Å². The van der Waals surface area contributed by atoms with Crippen molar-refractivity contribution < 1.29 is 32.6 Å². The maximum absolute atomic E-state index is 12.3. The molecular formula is C20H22F2N2O5. The van der Waals surface area contributed by atoms with Gasteiger partial charge in [0.05, 0.1) is 19.8 Å². The topological polar surface area (TPSA) is 85.9 Å². The second kappa shape index (κ2) is 10.8. The Morgan fingerprint density at radius 3 is 2.41 bits per heavy atom. The van der Waals surface area contributed by atoms with Gasteiger partial charge in [0.2, 0.25) is 5.91 Å². The highest BCUT2D eigenvalue weighted by Gasteiger charge is 2.13. The molecule has 9 heteroatoms. The average molecular weight is 408 g/mol. The van der Waals surface area contributed by atoms with Crippen molar-refractivity contribution >= 4 is 17.5 Å². The SMILES string of the molecule is CCOc1ccc(C(=O)NCC(=O)Nc2cccc(OC(F)F)c2)cc1OCC. The van der Waals surface area contributed by atoms with Gasteiger partial charge in [-0.2, -0.15) is 8.78 Å². The van der Waals surface area contributed by atoms with Crippen molar-refractivity contribution in [2.45, 2.75) is 20.5 Å². The lowest BCUT2D eigenvalue weighted by Gasteiger charge is -2.12. The Labute approximate surface area is 167 Å². The number of anilines is 1. The Hall–Kier alpha value is -3.36. The Morgan fingerprint density at radius 2 is 1.72 bits per heavy atom. The molecule has 0 bridgehead atoms. The first-order valence-electron chi connectivity index (χ1n) is 8.95. The molecule has 2 aromatic rings.